The van der Waals surface area contributed by atoms with Crippen molar-refractivity contribution in [2.45, 2.75) is 25.8 Å². The molecule has 0 saturated carbocycles. The first kappa shape index (κ1) is 18.1. The van der Waals surface area contributed by atoms with Crippen LogP contribution in [-0.2, 0) is 6.42 Å². The lowest BCUT2D eigenvalue weighted by atomic mass is 10.0. The van der Waals surface area contributed by atoms with Gasteiger partial charge in [0.25, 0.3) is 0 Å². The lowest BCUT2D eigenvalue weighted by Crippen LogP contribution is -2.26. The average Bonchev–Trinajstić information content (AvgIpc) is 3.11. The third kappa shape index (κ3) is 3.74. The Hall–Kier alpha value is -2.28. The molecule has 0 bridgehead atoms. The predicted molar refractivity (Wildman–Crippen MR) is 93.3 cm³/mol. The molecule has 4 rings (SSSR count). The van der Waals surface area contributed by atoms with E-state index in [4.69, 9.17) is 9.47 Å². The highest BCUT2D eigenvalue weighted by molar-refractivity contribution is 5.45. The number of fused-ring (bicyclic) bond motifs is 1. The van der Waals surface area contributed by atoms with Crippen molar-refractivity contribution in [2.75, 3.05) is 26.3 Å². The lowest BCUT2D eigenvalue weighted by molar-refractivity contribution is 0.169. The summed E-state index contributed by atoms with van der Waals surface area (Å²) in [6.07, 6.45) is 2.34. The van der Waals surface area contributed by atoms with Crippen LogP contribution in [0.5, 0.6) is 11.5 Å². The Kier molecular flexibility index (Phi) is 4.95. The highest BCUT2D eigenvalue weighted by Crippen LogP contribution is 2.37. The van der Waals surface area contributed by atoms with Crippen LogP contribution < -0.4 is 9.47 Å². The molecule has 27 heavy (non-hydrogen) atoms. The first-order valence-corrected chi connectivity index (χ1v) is 9.14. The summed E-state index contributed by atoms with van der Waals surface area (Å²) in [7, 11) is 0. The highest BCUT2D eigenvalue weighted by Gasteiger charge is 2.30. The van der Waals surface area contributed by atoms with Crippen LogP contribution in [0.3, 0.4) is 0 Å². The summed E-state index contributed by atoms with van der Waals surface area (Å²) in [6, 6.07) is 3.81. The van der Waals surface area contributed by atoms with Crippen molar-refractivity contribution in [2.24, 2.45) is 5.92 Å². The van der Waals surface area contributed by atoms with E-state index in [1.165, 1.54) is 6.07 Å². The molecule has 3 heterocycles. The number of hydrogen-bond acceptors (Lipinski definition) is 4. The van der Waals surface area contributed by atoms with E-state index in [0.29, 0.717) is 43.2 Å². The number of aromatic nitrogens is 1. The van der Waals surface area contributed by atoms with Gasteiger partial charge in [0.15, 0.2) is 11.5 Å². The minimum atomic E-state index is -0.674. The summed E-state index contributed by atoms with van der Waals surface area (Å²) in [5, 5.41) is 0. The van der Waals surface area contributed by atoms with Crippen LogP contribution in [-0.4, -0.2) is 36.2 Å². The summed E-state index contributed by atoms with van der Waals surface area (Å²) >= 11 is 0. The molecule has 0 N–H and O–H groups in total. The minimum absolute atomic E-state index is 0.142. The Morgan fingerprint density at radius 3 is 2.59 bits per heavy atom. The van der Waals surface area contributed by atoms with Crippen molar-refractivity contribution in [3.63, 3.8) is 0 Å². The molecule has 1 saturated heterocycles. The maximum absolute atomic E-state index is 14.6. The zero-order valence-electron chi connectivity index (χ0n) is 15.1. The molecule has 1 unspecified atom stereocenters. The number of hydrogen-bond donors (Lipinski definition) is 0. The molecule has 4 nitrogen and oxygen atoms in total. The molecular weight excluding hydrogens is 357 g/mol. The van der Waals surface area contributed by atoms with Gasteiger partial charge in [-0.3, -0.25) is 9.88 Å². The average molecular weight is 378 g/mol. The van der Waals surface area contributed by atoms with Crippen LogP contribution in [0.1, 0.15) is 30.6 Å². The highest BCUT2D eigenvalue weighted by atomic mass is 19.1. The molecule has 0 amide bonds. The standard InChI is InChI=1S/C20H21F3N2O2/c1-12(15-8-19-20(9-16(15)22)27-5-4-26-19)25-3-2-13(11-25)6-18-17(23)7-14(21)10-24-18/h7-10,12-13H,2-6,11H2,1H3/t12?,13-/m1/s1. The maximum Gasteiger partial charge on any atom is 0.164 e. The molecule has 0 aliphatic carbocycles. The third-order valence-electron chi connectivity index (χ3n) is 5.34. The summed E-state index contributed by atoms with van der Waals surface area (Å²) in [6.45, 7) is 4.31. The fourth-order valence-electron chi connectivity index (χ4n) is 3.84. The topological polar surface area (TPSA) is 34.6 Å². The van der Waals surface area contributed by atoms with Gasteiger partial charge in [-0.25, -0.2) is 13.2 Å². The van der Waals surface area contributed by atoms with Gasteiger partial charge in [-0.2, -0.15) is 0 Å². The second-order valence-electron chi connectivity index (χ2n) is 7.13. The summed E-state index contributed by atoms with van der Waals surface area (Å²) in [5.41, 5.74) is 0.840. The smallest absolute Gasteiger partial charge is 0.164 e. The Morgan fingerprint density at radius 2 is 1.85 bits per heavy atom. The van der Waals surface area contributed by atoms with Crippen molar-refractivity contribution in [3.8, 4) is 11.5 Å². The molecule has 2 aliphatic rings. The molecule has 0 radical (unpaired) electrons. The van der Waals surface area contributed by atoms with Crippen molar-refractivity contribution in [1.29, 1.82) is 0 Å². The van der Waals surface area contributed by atoms with E-state index >= 15 is 0 Å². The minimum Gasteiger partial charge on any atom is -0.486 e. The predicted octanol–water partition coefficient (Wildman–Crippen LogP) is 3.90. The van der Waals surface area contributed by atoms with Gasteiger partial charge in [-0.05, 0) is 38.3 Å². The van der Waals surface area contributed by atoms with Crippen molar-refractivity contribution < 1.29 is 22.6 Å². The number of likely N-dealkylation sites (tertiary alicyclic amines) is 1. The first-order chi connectivity index (χ1) is 13.0. The van der Waals surface area contributed by atoms with Gasteiger partial charge in [0.1, 0.15) is 30.7 Å². The molecule has 0 spiro atoms. The molecule has 2 aromatic rings. The van der Waals surface area contributed by atoms with Crippen LogP contribution >= 0.6 is 0 Å². The largest absolute Gasteiger partial charge is 0.486 e. The van der Waals surface area contributed by atoms with Crippen LogP contribution in [0.2, 0.25) is 0 Å². The van der Waals surface area contributed by atoms with Gasteiger partial charge in [0.05, 0.1) is 11.9 Å². The van der Waals surface area contributed by atoms with Crippen molar-refractivity contribution >= 4 is 0 Å². The van der Waals surface area contributed by atoms with Crippen LogP contribution in [0.25, 0.3) is 0 Å². The van der Waals surface area contributed by atoms with E-state index in [9.17, 15) is 13.2 Å². The van der Waals surface area contributed by atoms with Crippen LogP contribution in [0, 0.1) is 23.4 Å². The lowest BCUT2D eigenvalue weighted by Gasteiger charge is -2.27. The molecule has 144 valence electrons. The molecular formula is C20H21F3N2O2. The van der Waals surface area contributed by atoms with Crippen LogP contribution in [0.15, 0.2) is 24.4 Å². The Bertz CT molecular complexity index is 846. The van der Waals surface area contributed by atoms with Crippen LogP contribution in [0.4, 0.5) is 13.2 Å². The number of nitrogens with zero attached hydrogens (tertiary/aromatic N) is 2. The number of halogens is 3. The van der Waals surface area contributed by atoms with Gasteiger partial charge in [-0.1, -0.05) is 0 Å². The molecule has 1 fully saturated rings. The first-order valence-electron chi connectivity index (χ1n) is 9.14. The van der Waals surface area contributed by atoms with Crippen molar-refractivity contribution in [1.82, 2.24) is 9.88 Å². The second-order valence-corrected chi connectivity index (χ2v) is 7.13. The van der Waals surface area contributed by atoms with E-state index in [1.807, 2.05) is 6.92 Å². The summed E-state index contributed by atoms with van der Waals surface area (Å²) in [4.78, 5) is 6.04. The Morgan fingerprint density at radius 1 is 1.11 bits per heavy atom. The van der Waals surface area contributed by atoms with E-state index < -0.39 is 11.6 Å². The quantitative estimate of drug-likeness (QED) is 0.808. The number of benzene rings is 1. The van der Waals surface area contributed by atoms with Gasteiger partial charge in [-0.15, -0.1) is 0 Å². The fourth-order valence-corrected chi connectivity index (χ4v) is 3.84. The van der Waals surface area contributed by atoms with E-state index in [2.05, 4.69) is 9.88 Å². The fraction of sp³-hybridized carbons (Fsp3) is 0.450. The normalized spacial score (nSPS) is 20.7. The van der Waals surface area contributed by atoms with E-state index in [0.717, 1.165) is 25.2 Å². The van der Waals surface area contributed by atoms with Gasteiger partial charge >= 0.3 is 0 Å². The van der Waals surface area contributed by atoms with E-state index in [1.54, 1.807) is 6.07 Å². The van der Waals surface area contributed by atoms with Crippen molar-refractivity contribution in [3.05, 3.63) is 53.1 Å². The summed E-state index contributed by atoms with van der Waals surface area (Å²) in [5.74, 6) is -0.405. The van der Waals surface area contributed by atoms with Gasteiger partial charge < -0.3 is 9.47 Å². The monoisotopic (exact) mass is 378 g/mol. The molecule has 2 aliphatic heterocycles. The zero-order valence-corrected chi connectivity index (χ0v) is 15.1. The Balaban J connectivity index is 1.45. The van der Waals surface area contributed by atoms with Gasteiger partial charge in [0.2, 0.25) is 0 Å². The Labute approximate surface area is 155 Å². The number of pyridine rings is 1. The van der Waals surface area contributed by atoms with E-state index in [-0.39, 0.29) is 23.5 Å². The number of rotatable bonds is 4. The molecule has 1 aromatic carbocycles. The number of ether oxygens (including phenoxy) is 2. The third-order valence-corrected chi connectivity index (χ3v) is 5.34. The molecule has 2 atom stereocenters. The SMILES string of the molecule is CC(c1cc2c(cc1F)OCCO2)N1CC[C@H](Cc2ncc(F)cc2F)C1. The maximum atomic E-state index is 14.6. The second kappa shape index (κ2) is 7.38. The van der Waals surface area contributed by atoms with Gasteiger partial charge in [0, 0.05) is 30.3 Å². The molecule has 7 heteroatoms. The zero-order chi connectivity index (χ0) is 19.0. The molecule has 1 aromatic heterocycles. The summed E-state index contributed by atoms with van der Waals surface area (Å²) < 4.78 is 52.4.